The monoisotopic (exact) mass is 221 g/mol. The number of aromatic amines is 1. The van der Waals surface area contributed by atoms with E-state index in [1.54, 1.807) is 25.3 Å². The normalized spacial score (nSPS) is 12.6. The van der Waals surface area contributed by atoms with Crippen molar-refractivity contribution in [2.24, 2.45) is 0 Å². The summed E-state index contributed by atoms with van der Waals surface area (Å²) in [6, 6.07) is 5.17. The number of benzene rings is 1. The molecular weight excluding hydrogens is 210 g/mol. The van der Waals surface area contributed by atoms with Crippen LogP contribution in [0.4, 0.5) is 0 Å². The van der Waals surface area contributed by atoms with Crippen LogP contribution in [-0.2, 0) is 4.79 Å². The third kappa shape index (κ3) is 1.61. The standard InChI is InChI=1S/C11H11NO4/c1-16-6-2-3-7-8(10(13)11(14)15)5-12-9(7)4-6/h2-5,10,12-13H,1H3,(H,14,15). The van der Waals surface area contributed by atoms with Crippen molar-refractivity contribution >= 4 is 16.9 Å². The van der Waals surface area contributed by atoms with Crippen LogP contribution >= 0.6 is 0 Å². The zero-order valence-corrected chi connectivity index (χ0v) is 8.60. The number of rotatable bonds is 3. The molecule has 3 N–H and O–H groups in total. The first-order valence-electron chi connectivity index (χ1n) is 4.69. The molecule has 1 heterocycles. The lowest BCUT2D eigenvalue weighted by molar-refractivity contribution is -0.146. The highest BCUT2D eigenvalue weighted by Crippen LogP contribution is 2.27. The minimum atomic E-state index is -1.51. The Balaban J connectivity index is 2.53. The predicted octanol–water partition coefficient (Wildman–Crippen LogP) is 1.29. The van der Waals surface area contributed by atoms with Gasteiger partial charge in [0.15, 0.2) is 6.10 Å². The van der Waals surface area contributed by atoms with Crippen molar-refractivity contribution in [1.82, 2.24) is 4.98 Å². The number of aliphatic carboxylic acids is 1. The van der Waals surface area contributed by atoms with Gasteiger partial charge in [0.1, 0.15) is 5.75 Å². The number of carboxylic acids is 1. The molecule has 1 atom stereocenters. The molecule has 0 aliphatic rings. The van der Waals surface area contributed by atoms with Gasteiger partial charge in [0.05, 0.1) is 7.11 Å². The van der Waals surface area contributed by atoms with Gasteiger partial charge in [0, 0.05) is 28.7 Å². The van der Waals surface area contributed by atoms with Crippen LogP contribution in [0.15, 0.2) is 24.4 Å². The number of fused-ring (bicyclic) bond motifs is 1. The minimum Gasteiger partial charge on any atom is -0.497 e. The second-order valence-corrected chi connectivity index (χ2v) is 3.40. The van der Waals surface area contributed by atoms with Gasteiger partial charge in [-0.05, 0) is 12.1 Å². The van der Waals surface area contributed by atoms with E-state index in [1.807, 2.05) is 0 Å². The smallest absolute Gasteiger partial charge is 0.337 e. The van der Waals surface area contributed by atoms with E-state index in [0.29, 0.717) is 16.7 Å². The van der Waals surface area contributed by atoms with Crippen molar-refractivity contribution in [3.05, 3.63) is 30.0 Å². The number of hydrogen-bond acceptors (Lipinski definition) is 3. The molecule has 16 heavy (non-hydrogen) atoms. The van der Waals surface area contributed by atoms with Crippen LogP contribution in [0.25, 0.3) is 10.9 Å². The van der Waals surface area contributed by atoms with Crippen LogP contribution in [0.3, 0.4) is 0 Å². The fourth-order valence-corrected chi connectivity index (χ4v) is 1.61. The molecule has 1 aromatic carbocycles. The molecule has 0 aliphatic carbocycles. The van der Waals surface area contributed by atoms with E-state index in [4.69, 9.17) is 9.84 Å². The quantitative estimate of drug-likeness (QED) is 0.729. The van der Waals surface area contributed by atoms with E-state index in [-0.39, 0.29) is 0 Å². The van der Waals surface area contributed by atoms with E-state index in [9.17, 15) is 9.90 Å². The predicted molar refractivity (Wildman–Crippen MR) is 57.4 cm³/mol. The summed E-state index contributed by atoms with van der Waals surface area (Å²) in [6.45, 7) is 0. The first-order chi connectivity index (χ1) is 7.63. The van der Waals surface area contributed by atoms with Crippen LogP contribution in [0.2, 0.25) is 0 Å². The third-order valence-corrected chi connectivity index (χ3v) is 2.45. The Morgan fingerprint density at radius 3 is 2.88 bits per heavy atom. The number of H-pyrrole nitrogens is 1. The van der Waals surface area contributed by atoms with E-state index < -0.39 is 12.1 Å². The zero-order chi connectivity index (χ0) is 11.7. The molecule has 84 valence electrons. The van der Waals surface area contributed by atoms with Gasteiger partial charge in [0.2, 0.25) is 0 Å². The van der Waals surface area contributed by atoms with Crippen LogP contribution in [0.5, 0.6) is 5.75 Å². The van der Waals surface area contributed by atoms with Crippen molar-refractivity contribution in [3.8, 4) is 5.75 Å². The molecule has 0 spiro atoms. The lowest BCUT2D eigenvalue weighted by Gasteiger charge is -2.04. The molecule has 0 saturated heterocycles. The highest BCUT2D eigenvalue weighted by molar-refractivity contribution is 5.89. The Morgan fingerprint density at radius 2 is 2.25 bits per heavy atom. The van der Waals surface area contributed by atoms with Gasteiger partial charge in [0.25, 0.3) is 0 Å². The average Bonchev–Trinajstić information content (AvgIpc) is 2.70. The van der Waals surface area contributed by atoms with E-state index in [2.05, 4.69) is 4.98 Å². The molecular formula is C11H11NO4. The molecule has 0 fully saturated rings. The number of aromatic nitrogens is 1. The lowest BCUT2D eigenvalue weighted by atomic mass is 10.1. The highest BCUT2D eigenvalue weighted by Gasteiger charge is 2.19. The molecule has 1 aromatic heterocycles. The van der Waals surface area contributed by atoms with Crippen LogP contribution in [0, 0.1) is 0 Å². The third-order valence-electron chi connectivity index (χ3n) is 2.45. The number of aliphatic hydroxyl groups excluding tert-OH is 1. The second kappa shape index (κ2) is 3.86. The summed E-state index contributed by atoms with van der Waals surface area (Å²) < 4.78 is 5.04. The van der Waals surface area contributed by atoms with E-state index in [0.717, 1.165) is 5.52 Å². The van der Waals surface area contributed by atoms with E-state index in [1.165, 1.54) is 6.20 Å². The topological polar surface area (TPSA) is 82.6 Å². The van der Waals surface area contributed by atoms with Gasteiger partial charge in [-0.15, -0.1) is 0 Å². The number of aliphatic hydroxyl groups is 1. The Morgan fingerprint density at radius 1 is 1.50 bits per heavy atom. The number of carbonyl (C=O) groups is 1. The first kappa shape index (κ1) is 10.5. The molecule has 5 nitrogen and oxygen atoms in total. The van der Waals surface area contributed by atoms with Crippen LogP contribution in [-0.4, -0.2) is 28.3 Å². The molecule has 1 unspecified atom stereocenters. The Hall–Kier alpha value is -2.01. The summed E-state index contributed by atoms with van der Waals surface area (Å²) in [4.78, 5) is 13.6. The van der Waals surface area contributed by atoms with E-state index >= 15 is 0 Å². The molecule has 0 amide bonds. The number of hydrogen-bond donors (Lipinski definition) is 3. The number of nitrogens with one attached hydrogen (secondary N) is 1. The maximum Gasteiger partial charge on any atom is 0.337 e. The van der Waals surface area contributed by atoms with Gasteiger partial charge in [-0.1, -0.05) is 0 Å². The van der Waals surface area contributed by atoms with Crippen LogP contribution in [0.1, 0.15) is 11.7 Å². The fraction of sp³-hybridized carbons (Fsp3) is 0.182. The minimum absolute atomic E-state index is 0.352. The summed E-state index contributed by atoms with van der Waals surface area (Å²) in [5.41, 5.74) is 1.08. The van der Waals surface area contributed by atoms with Crippen molar-refractivity contribution in [3.63, 3.8) is 0 Å². The number of carboxylic acid groups (broad SMARTS) is 1. The van der Waals surface area contributed by atoms with Crippen molar-refractivity contribution in [2.75, 3.05) is 7.11 Å². The SMILES string of the molecule is COc1ccc2c(C(O)C(=O)O)c[nH]c2c1. The van der Waals surface area contributed by atoms with Crippen molar-refractivity contribution < 1.29 is 19.7 Å². The van der Waals surface area contributed by atoms with Gasteiger partial charge in [-0.3, -0.25) is 0 Å². The average molecular weight is 221 g/mol. The Bertz CT molecular complexity index is 532. The summed E-state index contributed by atoms with van der Waals surface area (Å²) in [5, 5.41) is 18.9. The van der Waals surface area contributed by atoms with Gasteiger partial charge >= 0.3 is 5.97 Å². The summed E-state index contributed by atoms with van der Waals surface area (Å²) >= 11 is 0. The first-order valence-corrected chi connectivity index (χ1v) is 4.69. The molecule has 0 saturated carbocycles. The largest absolute Gasteiger partial charge is 0.497 e. The zero-order valence-electron chi connectivity index (χ0n) is 8.60. The van der Waals surface area contributed by atoms with Crippen molar-refractivity contribution in [1.29, 1.82) is 0 Å². The van der Waals surface area contributed by atoms with Crippen molar-refractivity contribution in [2.45, 2.75) is 6.10 Å². The maximum atomic E-state index is 10.7. The maximum absolute atomic E-state index is 10.7. The number of methoxy groups -OCH3 is 1. The summed E-state index contributed by atoms with van der Waals surface area (Å²) in [7, 11) is 1.55. The number of ether oxygens (including phenoxy) is 1. The van der Waals surface area contributed by atoms with Gasteiger partial charge < -0.3 is 19.9 Å². The molecule has 5 heteroatoms. The Labute approximate surface area is 91.3 Å². The second-order valence-electron chi connectivity index (χ2n) is 3.40. The molecule has 0 radical (unpaired) electrons. The highest BCUT2D eigenvalue weighted by atomic mass is 16.5. The molecule has 2 rings (SSSR count). The summed E-state index contributed by atoms with van der Waals surface area (Å²) in [5.74, 6) is -0.595. The Kier molecular flexibility index (Phi) is 2.54. The van der Waals surface area contributed by atoms with Crippen LogP contribution < -0.4 is 4.74 Å². The van der Waals surface area contributed by atoms with Gasteiger partial charge in [-0.2, -0.15) is 0 Å². The molecule has 2 aromatic rings. The molecule has 0 bridgehead atoms. The van der Waals surface area contributed by atoms with Gasteiger partial charge in [-0.25, -0.2) is 4.79 Å². The molecule has 0 aliphatic heterocycles. The summed E-state index contributed by atoms with van der Waals surface area (Å²) in [6.07, 6.45) is -0.0229. The fourth-order valence-electron chi connectivity index (χ4n) is 1.61. The lowest BCUT2D eigenvalue weighted by Crippen LogP contribution is -2.09.